The monoisotopic (exact) mass is 634 g/mol. The van der Waals surface area contributed by atoms with Crippen LogP contribution in [0.3, 0.4) is 0 Å². The molecule has 0 atom stereocenters. The standard InChI is InChI=1S/C27H21BrCl2N2O5S/c1-3-36-22-10-17(20(28)13-23(22)37-14-16-4-7-18(29)12-21(16)30)11-24-25(33)32(2)27(38-24)31-19-8-5-15(6-9-19)26(34)35/h4-13H,3,14H2,1-2H3,(H,34,35)/b24-11-,31-27?. The predicted octanol–water partition coefficient (Wildman–Crippen LogP) is 7.67. The molecule has 3 aromatic carbocycles. The second-order valence-electron chi connectivity index (χ2n) is 8.00. The van der Waals surface area contributed by atoms with Crippen LogP contribution in [0, 0.1) is 0 Å². The van der Waals surface area contributed by atoms with Crippen molar-refractivity contribution in [2.45, 2.75) is 13.5 Å². The van der Waals surface area contributed by atoms with E-state index < -0.39 is 5.97 Å². The van der Waals surface area contributed by atoms with Crippen LogP contribution in [0.15, 0.2) is 69.0 Å². The Morgan fingerprint density at radius 2 is 1.82 bits per heavy atom. The van der Waals surface area contributed by atoms with Gasteiger partial charge in [0, 0.05) is 27.1 Å². The molecule has 1 heterocycles. The number of carboxylic acid groups (broad SMARTS) is 1. The van der Waals surface area contributed by atoms with E-state index in [1.54, 1.807) is 55.6 Å². The first-order valence-electron chi connectivity index (χ1n) is 11.3. The van der Waals surface area contributed by atoms with Crippen molar-refractivity contribution >= 4 is 79.7 Å². The fourth-order valence-electron chi connectivity index (χ4n) is 3.42. The summed E-state index contributed by atoms with van der Waals surface area (Å²) in [4.78, 5) is 30.4. The molecule has 11 heteroatoms. The van der Waals surface area contributed by atoms with E-state index in [-0.39, 0.29) is 18.1 Å². The molecule has 1 N–H and O–H groups in total. The number of hydrogen-bond acceptors (Lipinski definition) is 6. The highest BCUT2D eigenvalue weighted by atomic mass is 79.9. The van der Waals surface area contributed by atoms with Crippen LogP contribution in [-0.2, 0) is 11.4 Å². The van der Waals surface area contributed by atoms with Gasteiger partial charge in [0.15, 0.2) is 16.7 Å². The summed E-state index contributed by atoms with van der Waals surface area (Å²) >= 11 is 17.1. The molecule has 7 nitrogen and oxygen atoms in total. The minimum absolute atomic E-state index is 0.164. The molecule has 0 aliphatic carbocycles. The summed E-state index contributed by atoms with van der Waals surface area (Å²) in [5, 5.41) is 10.6. The number of aliphatic imine (C=N–C) groups is 1. The maximum atomic E-state index is 12.9. The lowest BCUT2D eigenvalue weighted by Gasteiger charge is -2.15. The van der Waals surface area contributed by atoms with Gasteiger partial charge in [0.05, 0.1) is 22.8 Å². The maximum Gasteiger partial charge on any atom is 0.335 e. The maximum absolute atomic E-state index is 12.9. The third-order valence-corrected chi connectivity index (χ3v) is 7.72. The van der Waals surface area contributed by atoms with Gasteiger partial charge < -0.3 is 14.6 Å². The molecular weight excluding hydrogens is 615 g/mol. The van der Waals surface area contributed by atoms with Gasteiger partial charge in [-0.2, -0.15) is 0 Å². The van der Waals surface area contributed by atoms with Gasteiger partial charge in [-0.3, -0.25) is 9.69 Å². The number of carbonyl (C=O) groups excluding carboxylic acids is 1. The lowest BCUT2D eigenvalue weighted by atomic mass is 10.1. The molecule has 196 valence electrons. The average molecular weight is 636 g/mol. The Bertz CT molecular complexity index is 1460. The molecule has 1 saturated heterocycles. The molecule has 1 amide bonds. The molecule has 1 aliphatic heterocycles. The number of ether oxygens (including phenoxy) is 2. The summed E-state index contributed by atoms with van der Waals surface area (Å²) in [6.07, 6.45) is 1.76. The summed E-state index contributed by atoms with van der Waals surface area (Å²) in [5.74, 6) is -0.192. The zero-order valence-electron chi connectivity index (χ0n) is 20.2. The van der Waals surface area contributed by atoms with Crippen molar-refractivity contribution < 1.29 is 24.2 Å². The Morgan fingerprint density at radius 3 is 2.47 bits per heavy atom. The number of carboxylic acids is 1. The van der Waals surface area contributed by atoms with Crippen molar-refractivity contribution in [3.8, 4) is 11.5 Å². The molecular formula is C27H21BrCl2N2O5S. The quantitative estimate of drug-likeness (QED) is 0.256. The lowest BCUT2D eigenvalue weighted by Crippen LogP contribution is -2.23. The normalized spacial score (nSPS) is 15.4. The second-order valence-corrected chi connectivity index (χ2v) is 10.7. The smallest absolute Gasteiger partial charge is 0.335 e. The second kappa shape index (κ2) is 12.3. The molecule has 3 aromatic rings. The van der Waals surface area contributed by atoms with Crippen LogP contribution in [0.2, 0.25) is 10.0 Å². The Balaban J connectivity index is 1.58. The Labute approximate surface area is 242 Å². The van der Waals surface area contributed by atoms with Crippen molar-refractivity contribution in [2.75, 3.05) is 13.7 Å². The van der Waals surface area contributed by atoms with Gasteiger partial charge >= 0.3 is 5.97 Å². The highest BCUT2D eigenvalue weighted by molar-refractivity contribution is 9.10. The fraction of sp³-hybridized carbons (Fsp3) is 0.148. The zero-order valence-corrected chi connectivity index (χ0v) is 24.1. The van der Waals surface area contributed by atoms with Gasteiger partial charge in [-0.25, -0.2) is 9.79 Å². The number of halogens is 3. The molecule has 0 radical (unpaired) electrons. The highest BCUT2D eigenvalue weighted by Crippen LogP contribution is 2.39. The number of aromatic carboxylic acids is 1. The van der Waals surface area contributed by atoms with Gasteiger partial charge in [0.2, 0.25) is 0 Å². The zero-order chi connectivity index (χ0) is 27.4. The molecule has 1 fully saturated rings. The number of carbonyl (C=O) groups is 2. The Morgan fingerprint density at radius 1 is 1.11 bits per heavy atom. The van der Waals surface area contributed by atoms with E-state index in [0.717, 1.165) is 11.1 Å². The summed E-state index contributed by atoms with van der Waals surface area (Å²) < 4.78 is 12.5. The van der Waals surface area contributed by atoms with Crippen LogP contribution in [0.25, 0.3) is 6.08 Å². The minimum atomic E-state index is -1.01. The van der Waals surface area contributed by atoms with Crippen LogP contribution >= 0.6 is 50.9 Å². The van der Waals surface area contributed by atoms with Gasteiger partial charge in [0.25, 0.3) is 5.91 Å². The van der Waals surface area contributed by atoms with Gasteiger partial charge in [-0.05, 0) is 78.9 Å². The third-order valence-electron chi connectivity index (χ3n) is 5.39. The summed E-state index contributed by atoms with van der Waals surface area (Å²) in [6.45, 7) is 2.51. The number of thioether (sulfide) groups is 1. The Kier molecular flexibility index (Phi) is 9.04. The number of amidine groups is 1. The van der Waals surface area contributed by atoms with Crippen LogP contribution in [0.5, 0.6) is 11.5 Å². The van der Waals surface area contributed by atoms with E-state index in [1.807, 2.05) is 6.92 Å². The summed E-state index contributed by atoms with van der Waals surface area (Å²) in [6, 6.07) is 14.9. The first-order valence-corrected chi connectivity index (χ1v) is 13.7. The summed E-state index contributed by atoms with van der Waals surface area (Å²) in [5.41, 5.74) is 2.21. The van der Waals surface area contributed by atoms with Crippen LogP contribution in [0.4, 0.5) is 5.69 Å². The molecule has 38 heavy (non-hydrogen) atoms. The fourth-order valence-corrected chi connectivity index (χ4v) is 5.30. The number of nitrogens with zero attached hydrogens (tertiary/aromatic N) is 2. The molecule has 0 saturated carbocycles. The van der Waals surface area contributed by atoms with Gasteiger partial charge in [-0.1, -0.05) is 45.2 Å². The van der Waals surface area contributed by atoms with Crippen molar-refractivity contribution in [2.24, 2.45) is 4.99 Å². The number of rotatable bonds is 8. The Hall–Kier alpha value is -2.98. The van der Waals surface area contributed by atoms with Gasteiger partial charge in [0.1, 0.15) is 6.61 Å². The molecule has 0 bridgehead atoms. The topological polar surface area (TPSA) is 88.4 Å². The number of likely N-dealkylation sites (N-methyl/N-ethyl adjacent to an activating group) is 1. The van der Waals surface area contributed by atoms with Crippen molar-refractivity contribution in [1.29, 1.82) is 0 Å². The molecule has 1 aliphatic rings. The van der Waals surface area contributed by atoms with Crippen LogP contribution in [-0.4, -0.2) is 40.7 Å². The first kappa shape index (κ1) is 28.0. The predicted molar refractivity (Wildman–Crippen MR) is 155 cm³/mol. The largest absolute Gasteiger partial charge is 0.490 e. The van der Waals surface area contributed by atoms with Crippen molar-refractivity contribution in [3.63, 3.8) is 0 Å². The van der Waals surface area contributed by atoms with E-state index >= 15 is 0 Å². The van der Waals surface area contributed by atoms with E-state index in [4.69, 9.17) is 37.8 Å². The highest BCUT2D eigenvalue weighted by Gasteiger charge is 2.30. The van der Waals surface area contributed by atoms with Gasteiger partial charge in [-0.15, -0.1) is 0 Å². The van der Waals surface area contributed by atoms with E-state index in [2.05, 4.69) is 20.9 Å². The molecule has 4 rings (SSSR count). The lowest BCUT2D eigenvalue weighted by molar-refractivity contribution is -0.121. The van der Waals surface area contributed by atoms with Crippen LogP contribution in [0.1, 0.15) is 28.4 Å². The average Bonchev–Trinajstić information content (AvgIpc) is 3.14. The number of hydrogen-bond donors (Lipinski definition) is 1. The molecule has 0 spiro atoms. The number of amides is 1. The minimum Gasteiger partial charge on any atom is -0.490 e. The SMILES string of the molecule is CCOc1cc(/C=C2\SC(=Nc3ccc(C(=O)O)cc3)N(C)C2=O)c(Br)cc1OCc1ccc(Cl)cc1Cl. The molecule has 0 aromatic heterocycles. The summed E-state index contributed by atoms with van der Waals surface area (Å²) in [7, 11) is 1.64. The van der Waals surface area contributed by atoms with E-state index in [9.17, 15) is 9.59 Å². The number of benzene rings is 3. The van der Waals surface area contributed by atoms with Crippen LogP contribution < -0.4 is 9.47 Å². The van der Waals surface area contributed by atoms with E-state index in [0.29, 0.717) is 48.4 Å². The van der Waals surface area contributed by atoms with Crippen molar-refractivity contribution in [1.82, 2.24) is 4.90 Å². The third kappa shape index (κ3) is 6.53. The molecule has 0 unspecified atom stereocenters. The van der Waals surface area contributed by atoms with E-state index in [1.165, 1.54) is 28.8 Å². The first-order chi connectivity index (χ1) is 18.2. The van der Waals surface area contributed by atoms with Crippen molar-refractivity contribution in [3.05, 3.63) is 90.7 Å².